The second-order valence-electron chi connectivity index (χ2n) is 7.06. The lowest BCUT2D eigenvalue weighted by Crippen LogP contribution is -2.38. The largest absolute Gasteiger partial charge is 0.335 e. The van der Waals surface area contributed by atoms with Gasteiger partial charge in [-0.15, -0.1) is 0 Å². The summed E-state index contributed by atoms with van der Waals surface area (Å²) in [4.78, 5) is 15.3. The number of nitrogens with one attached hydrogen (secondary N) is 1. The highest BCUT2D eigenvalue weighted by atomic mass is 19.1. The van der Waals surface area contributed by atoms with Crippen molar-refractivity contribution >= 4 is 5.91 Å². The summed E-state index contributed by atoms with van der Waals surface area (Å²) in [7, 11) is 1.90. The quantitative estimate of drug-likeness (QED) is 0.931. The fourth-order valence-electron chi connectivity index (χ4n) is 4.20. The summed E-state index contributed by atoms with van der Waals surface area (Å²) < 4.78 is 15.0. The van der Waals surface area contributed by atoms with E-state index in [1.165, 1.54) is 12.1 Å². The molecule has 0 bridgehead atoms. The predicted molar refractivity (Wildman–Crippen MR) is 92.4 cm³/mol. The van der Waals surface area contributed by atoms with Gasteiger partial charge in [0.1, 0.15) is 5.82 Å². The smallest absolute Gasteiger partial charge is 0.228 e. The van der Waals surface area contributed by atoms with Crippen molar-refractivity contribution in [2.24, 2.45) is 13.0 Å². The lowest BCUT2D eigenvalue weighted by molar-refractivity contribution is -0.136. The normalized spacial score (nSPS) is 26.3. The summed E-state index contributed by atoms with van der Waals surface area (Å²) >= 11 is 0. The van der Waals surface area contributed by atoms with Crippen LogP contribution in [0, 0.1) is 11.7 Å². The molecule has 0 radical (unpaired) electrons. The number of likely N-dealkylation sites (tertiary alicyclic amines) is 1. The van der Waals surface area contributed by atoms with E-state index in [9.17, 15) is 9.18 Å². The summed E-state index contributed by atoms with van der Waals surface area (Å²) in [5, 5.41) is 7.61. The molecule has 25 heavy (non-hydrogen) atoms. The van der Waals surface area contributed by atoms with Crippen LogP contribution in [0.4, 0.5) is 4.39 Å². The van der Waals surface area contributed by atoms with Gasteiger partial charge >= 0.3 is 0 Å². The monoisotopic (exact) mass is 342 g/mol. The fourth-order valence-corrected chi connectivity index (χ4v) is 4.20. The van der Waals surface area contributed by atoms with Crippen molar-refractivity contribution in [3.63, 3.8) is 0 Å². The Balaban J connectivity index is 1.55. The molecule has 132 valence electrons. The molecule has 0 spiro atoms. The van der Waals surface area contributed by atoms with Crippen molar-refractivity contribution in [3.8, 4) is 0 Å². The van der Waals surface area contributed by atoms with Crippen molar-refractivity contribution in [1.29, 1.82) is 0 Å². The van der Waals surface area contributed by atoms with Crippen LogP contribution in [-0.2, 0) is 11.8 Å². The SMILES string of the molecule is Cn1cc([C@H]2CNC[C@@H]2C(=O)N2CCCC2c2ccc(F)cc2)cn1. The Morgan fingerprint density at radius 1 is 1.24 bits per heavy atom. The number of halogens is 1. The molecule has 0 aliphatic carbocycles. The minimum atomic E-state index is -0.240. The molecular weight excluding hydrogens is 319 g/mol. The summed E-state index contributed by atoms with van der Waals surface area (Å²) in [5.74, 6) is 0.0582. The molecule has 1 aromatic carbocycles. The van der Waals surface area contributed by atoms with Gasteiger partial charge in [0.2, 0.25) is 5.91 Å². The Hall–Kier alpha value is -2.21. The van der Waals surface area contributed by atoms with E-state index >= 15 is 0 Å². The molecular formula is C19H23FN4O. The average Bonchev–Trinajstić information content (AvgIpc) is 3.34. The van der Waals surface area contributed by atoms with Crippen molar-refractivity contribution < 1.29 is 9.18 Å². The number of carbonyl (C=O) groups excluding carboxylic acids is 1. The number of carbonyl (C=O) groups is 1. The summed E-state index contributed by atoms with van der Waals surface area (Å²) in [5.41, 5.74) is 2.14. The molecule has 0 saturated carbocycles. The number of hydrogen-bond acceptors (Lipinski definition) is 3. The first-order valence-corrected chi connectivity index (χ1v) is 8.88. The Morgan fingerprint density at radius 3 is 2.76 bits per heavy atom. The van der Waals surface area contributed by atoms with E-state index in [1.807, 2.05) is 24.3 Å². The third kappa shape index (κ3) is 3.06. The molecule has 2 saturated heterocycles. The van der Waals surface area contributed by atoms with Crippen LogP contribution < -0.4 is 5.32 Å². The van der Waals surface area contributed by atoms with Gasteiger partial charge in [-0.2, -0.15) is 5.10 Å². The molecule has 4 rings (SSSR count). The van der Waals surface area contributed by atoms with E-state index in [2.05, 4.69) is 10.4 Å². The maximum Gasteiger partial charge on any atom is 0.228 e. The number of nitrogens with zero attached hydrogens (tertiary/aromatic N) is 3. The highest BCUT2D eigenvalue weighted by Gasteiger charge is 2.40. The van der Waals surface area contributed by atoms with Crippen LogP contribution in [0.5, 0.6) is 0 Å². The van der Waals surface area contributed by atoms with E-state index < -0.39 is 0 Å². The van der Waals surface area contributed by atoms with Gasteiger partial charge in [0.05, 0.1) is 18.2 Å². The summed E-state index contributed by atoms with van der Waals surface area (Å²) in [6.45, 7) is 2.28. The van der Waals surface area contributed by atoms with Gasteiger partial charge in [-0.25, -0.2) is 4.39 Å². The third-order valence-electron chi connectivity index (χ3n) is 5.48. The number of benzene rings is 1. The van der Waals surface area contributed by atoms with Crippen LogP contribution in [0.1, 0.15) is 35.9 Å². The first-order valence-electron chi connectivity index (χ1n) is 8.88. The van der Waals surface area contributed by atoms with E-state index in [0.717, 1.165) is 37.1 Å². The van der Waals surface area contributed by atoms with Gasteiger partial charge in [-0.1, -0.05) is 12.1 Å². The molecule has 2 fully saturated rings. The van der Waals surface area contributed by atoms with Crippen LogP contribution >= 0.6 is 0 Å². The van der Waals surface area contributed by atoms with E-state index in [1.54, 1.807) is 16.8 Å². The van der Waals surface area contributed by atoms with E-state index in [4.69, 9.17) is 0 Å². The highest BCUT2D eigenvalue weighted by molar-refractivity contribution is 5.81. The maximum atomic E-state index is 13.3. The van der Waals surface area contributed by atoms with Gasteiger partial charge in [0, 0.05) is 38.8 Å². The molecule has 2 aromatic rings. The van der Waals surface area contributed by atoms with E-state index in [0.29, 0.717) is 6.54 Å². The molecule has 2 aliphatic heterocycles. The average molecular weight is 342 g/mol. The van der Waals surface area contributed by atoms with Gasteiger partial charge in [-0.05, 0) is 36.1 Å². The molecule has 1 aromatic heterocycles. The van der Waals surface area contributed by atoms with E-state index in [-0.39, 0.29) is 29.6 Å². The molecule has 1 unspecified atom stereocenters. The molecule has 3 heterocycles. The number of aryl methyl sites for hydroxylation is 1. The predicted octanol–water partition coefficient (Wildman–Crippen LogP) is 2.23. The third-order valence-corrected chi connectivity index (χ3v) is 5.48. The number of amides is 1. The maximum absolute atomic E-state index is 13.3. The van der Waals surface area contributed by atoms with Gasteiger partial charge in [0.15, 0.2) is 0 Å². The zero-order valence-electron chi connectivity index (χ0n) is 14.4. The minimum Gasteiger partial charge on any atom is -0.335 e. The molecule has 5 nitrogen and oxygen atoms in total. The van der Waals surface area contributed by atoms with Gasteiger partial charge < -0.3 is 10.2 Å². The summed E-state index contributed by atoms with van der Waals surface area (Å²) in [6.07, 6.45) is 5.79. The first-order chi connectivity index (χ1) is 12.1. The standard InChI is InChI=1S/C19H23FN4O/c1-23-12-14(9-22-23)16-10-21-11-17(16)19(25)24-8-2-3-18(24)13-4-6-15(20)7-5-13/h4-7,9,12,16-18,21H,2-3,8,10-11H2,1H3/t16-,17+,18?/m1/s1. The lowest BCUT2D eigenvalue weighted by atomic mass is 9.89. The fraction of sp³-hybridized carbons (Fsp3) is 0.474. The topological polar surface area (TPSA) is 50.2 Å². The molecule has 6 heteroatoms. The van der Waals surface area contributed by atoms with Gasteiger partial charge in [0.25, 0.3) is 0 Å². The van der Waals surface area contributed by atoms with Crippen LogP contribution in [0.25, 0.3) is 0 Å². The van der Waals surface area contributed by atoms with Crippen LogP contribution in [-0.4, -0.2) is 40.2 Å². The molecule has 3 atom stereocenters. The Labute approximate surface area is 146 Å². The Morgan fingerprint density at radius 2 is 2.04 bits per heavy atom. The van der Waals surface area contributed by atoms with Crippen molar-refractivity contribution in [3.05, 3.63) is 53.6 Å². The first kappa shape index (κ1) is 16.3. The molecule has 1 amide bonds. The van der Waals surface area contributed by atoms with Crippen LogP contribution in [0.15, 0.2) is 36.7 Å². The zero-order chi connectivity index (χ0) is 17.4. The van der Waals surface area contributed by atoms with Crippen molar-refractivity contribution in [2.75, 3.05) is 19.6 Å². The van der Waals surface area contributed by atoms with Crippen molar-refractivity contribution in [1.82, 2.24) is 20.0 Å². The van der Waals surface area contributed by atoms with Crippen LogP contribution in [0.3, 0.4) is 0 Å². The minimum absolute atomic E-state index is 0.0586. The number of rotatable bonds is 3. The Bertz CT molecular complexity index is 757. The van der Waals surface area contributed by atoms with Crippen molar-refractivity contribution in [2.45, 2.75) is 24.8 Å². The lowest BCUT2D eigenvalue weighted by Gasteiger charge is -2.29. The summed E-state index contributed by atoms with van der Waals surface area (Å²) in [6, 6.07) is 6.62. The Kier molecular flexibility index (Phi) is 4.29. The van der Waals surface area contributed by atoms with Gasteiger partial charge in [-0.3, -0.25) is 9.48 Å². The van der Waals surface area contributed by atoms with Crippen LogP contribution in [0.2, 0.25) is 0 Å². The second kappa shape index (κ2) is 6.59. The molecule has 1 N–H and O–H groups in total. The molecule has 2 aliphatic rings. The highest BCUT2D eigenvalue weighted by Crippen LogP contribution is 2.36. The number of aromatic nitrogens is 2. The zero-order valence-corrected chi connectivity index (χ0v) is 14.4. The second-order valence-corrected chi connectivity index (χ2v) is 7.06. The number of hydrogen-bond donors (Lipinski definition) is 1.